The predicted molar refractivity (Wildman–Crippen MR) is 99.1 cm³/mol. The van der Waals surface area contributed by atoms with Crippen LogP contribution in [0.25, 0.3) is 0 Å². The molecule has 26 heavy (non-hydrogen) atoms. The second kappa shape index (κ2) is 10.9. The first-order valence-electron chi connectivity index (χ1n) is 9.05. The number of ether oxygens (including phenoxy) is 2. The number of carbonyl (C=O) groups excluding carboxylic acids is 1. The summed E-state index contributed by atoms with van der Waals surface area (Å²) in [4.78, 5) is 22.9. The molecule has 7 N–H and O–H groups in total. The van der Waals surface area contributed by atoms with Crippen LogP contribution in [-0.2, 0) is 14.3 Å². The summed E-state index contributed by atoms with van der Waals surface area (Å²) >= 11 is 1.82. The van der Waals surface area contributed by atoms with E-state index in [-0.39, 0.29) is 24.7 Å². The standard InChI is InChI=1S/C16H30N4O5S/c17-4-5-24-6-7-25-8-11(18)10(15(21)22)2-1-3-13-14-12(9-26-13)19-16(23)20-14/h10-14H,1-9,17-18H2,(H,21,22)(H2,19,20,23)/t10?,11?,12-,13-,14-/m0/s1. The molecule has 9 nitrogen and oxygen atoms in total. The summed E-state index contributed by atoms with van der Waals surface area (Å²) in [5, 5.41) is 15.6. The number of nitrogens with two attached hydrogens (primary N) is 2. The largest absolute Gasteiger partial charge is 0.481 e. The summed E-state index contributed by atoms with van der Waals surface area (Å²) in [6, 6.07) is -0.339. The second-order valence-corrected chi connectivity index (χ2v) is 7.91. The van der Waals surface area contributed by atoms with E-state index in [4.69, 9.17) is 20.9 Å². The maximum Gasteiger partial charge on any atom is 0.315 e. The van der Waals surface area contributed by atoms with E-state index in [1.807, 2.05) is 11.8 Å². The Morgan fingerprint density at radius 3 is 2.81 bits per heavy atom. The minimum atomic E-state index is -0.895. The molecule has 0 saturated carbocycles. The lowest BCUT2D eigenvalue weighted by atomic mass is 9.93. The Kier molecular flexibility index (Phi) is 8.93. The fraction of sp³-hybridized carbons (Fsp3) is 0.875. The molecule has 10 heteroatoms. The molecule has 2 unspecified atom stereocenters. The van der Waals surface area contributed by atoms with Crippen LogP contribution < -0.4 is 22.1 Å². The molecule has 2 aliphatic rings. The number of carboxylic acid groups (broad SMARTS) is 1. The summed E-state index contributed by atoms with van der Waals surface area (Å²) in [5.74, 6) is -0.637. The number of thioether (sulfide) groups is 1. The van der Waals surface area contributed by atoms with Crippen molar-refractivity contribution < 1.29 is 24.2 Å². The zero-order chi connectivity index (χ0) is 18.9. The topological polar surface area (TPSA) is 149 Å². The molecule has 2 rings (SSSR count). The SMILES string of the molecule is NCCOCCOCC(N)C(CCC[C@@H]1SC[C@@H]2NC(=O)N[C@@H]21)C(=O)O. The number of urea groups is 1. The van der Waals surface area contributed by atoms with Gasteiger partial charge in [0, 0.05) is 23.6 Å². The monoisotopic (exact) mass is 390 g/mol. The molecule has 0 aliphatic carbocycles. The number of fused-ring (bicyclic) bond motifs is 1. The molecule has 0 aromatic carbocycles. The molecule has 2 amide bonds. The van der Waals surface area contributed by atoms with Gasteiger partial charge in [-0.2, -0.15) is 11.8 Å². The van der Waals surface area contributed by atoms with E-state index in [1.54, 1.807) is 0 Å². The van der Waals surface area contributed by atoms with Crippen LogP contribution in [0.3, 0.4) is 0 Å². The highest BCUT2D eigenvalue weighted by Gasteiger charge is 2.42. The van der Waals surface area contributed by atoms with Crippen molar-refractivity contribution in [2.75, 3.05) is 38.7 Å². The number of nitrogens with one attached hydrogen (secondary N) is 2. The van der Waals surface area contributed by atoms with Crippen LogP contribution in [0.1, 0.15) is 19.3 Å². The van der Waals surface area contributed by atoms with E-state index < -0.39 is 17.9 Å². The van der Waals surface area contributed by atoms with Crippen LogP contribution in [0.15, 0.2) is 0 Å². The third-order valence-corrected chi connectivity index (χ3v) is 6.23. The summed E-state index contributed by atoms with van der Waals surface area (Å²) < 4.78 is 10.6. The van der Waals surface area contributed by atoms with Gasteiger partial charge >= 0.3 is 12.0 Å². The minimum Gasteiger partial charge on any atom is -0.481 e. The fourth-order valence-electron chi connectivity index (χ4n) is 3.34. The molecule has 2 saturated heterocycles. The highest BCUT2D eigenvalue weighted by atomic mass is 32.2. The van der Waals surface area contributed by atoms with Gasteiger partial charge in [0.2, 0.25) is 0 Å². The molecule has 0 aromatic heterocycles. The van der Waals surface area contributed by atoms with Crippen molar-refractivity contribution in [1.29, 1.82) is 0 Å². The van der Waals surface area contributed by atoms with Crippen LogP contribution in [0.4, 0.5) is 4.79 Å². The fourth-order valence-corrected chi connectivity index (χ4v) is 4.89. The minimum absolute atomic E-state index is 0.108. The lowest BCUT2D eigenvalue weighted by molar-refractivity contribution is -0.143. The first-order valence-corrected chi connectivity index (χ1v) is 10.1. The Morgan fingerprint density at radius 2 is 2.08 bits per heavy atom. The van der Waals surface area contributed by atoms with Gasteiger partial charge in [-0.3, -0.25) is 4.79 Å². The summed E-state index contributed by atoms with van der Waals surface area (Å²) in [7, 11) is 0. The Balaban J connectivity index is 1.65. The quantitative estimate of drug-likeness (QED) is 0.206. The zero-order valence-corrected chi connectivity index (χ0v) is 15.7. The first-order chi connectivity index (χ1) is 12.5. The van der Waals surface area contributed by atoms with Gasteiger partial charge in [0.1, 0.15) is 0 Å². The Bertz CT molecular complexity index is 470. The molecule has 0 spiro atoms. The summed E-state index contributed by atoms with van der Waals surface area (Å²) in [6.45, 7) is 1.91. The third kappa shape index (κ3) is 6.27. The predicted octanol–water partition coefficient (Wildman–Crippen LogP) is -0.658. The van der Waals surface area contributed by atoms with Gasteiger partial charge < -0.3 is 36.7 Å². The number of hydrogen-bond acceptors (Lipinski definition) is 7. The van der Waals surface area contributed by atoms with Gasteiger partial charge in [-0.05, 0) is 12.8 Å². The number of carbonyl (C=O) groups is 2. The van der Waals surface area contributed by atoms with Crippen LogP contribution in [0.2, 0.25) is 0 Å². The number of aliphatic carboxylic acids is 1. The lowest BCUT2D eigenvalue weighted by Gasteiger charge is -2.22. The molecule has 2 aliphatic heterocycles. The maximum atomic E-state index is 11.5. The molecular weight excluding hydrogens is 360 g/mol. The van der Waals surface area contributed by atoms with Gasteiger partial charge in [-0.15, -0.1) is 0 Å². The number of carboxylic acids is 1. The van der Waals surface area contributed by atoms with Crippen molar-refractivity contribution in [3.63, 3.8) is 0 Å². The second-order valence-electron chi connectivity index (χ2n) is 6.64. The van der Waals surface area contributed by atoms with Gasteiger partial charge in [0.15, 0.2) is 0 Å². The lowest BCUT2D eigenvalue weighted by Crippen LogP contribution is -2.40. The van der Waals surface area contributed by atoms with E-state index in [2.05, 4.69) is 10.6 Å². The number of rotatable bonds is 13. The van der Waals surface area contributed by atoms with Crippen molar-refractivity contribution in [3.8, 4) is 0 Å². The average Bonchev–Trinajstić information content (AvgIpc) is 3.13. The van der Waals surface area contributed by atoms with Crippen LogP contribution in [0.5, 0.6) is 0 Å². The smallest absolute Gasteiger partial charge is 0.315 e. The van der Waals surface area contributed by atoms with Crippen molar-refractivity contribution in [2.45, 2.75) is 42.6 Å². The van der Waals surface area contributed by atoms with Gasteiger partial charge in [0.25, 0.3) is 0 Å². The van der Waals surface area contributed by atoms with Gasteiger partial charge in [0.05, 0.1) is 44.4 Å². The highest BCUT2D eigenvalue weighted by Crippen LogP contribution is 2.33. The molecule has 5 atom stereocenters. The Labute approximate surface area is 157 Å². The van der Waals surface area contributed by atoms with Crippen LogP contribution in [0, 0.1) is 5.92 Å². The molecule has 150 valence electrons. The molecule has 2 fully saturated rings. The van der Waals surface area contributed by atoms with Crippen LogP contribution in [-0.4, -0.2) is 79.2 Å². The number of amides is 2. The highest BCUT2D eigenvalue weighted by molar-refractivity contribution is 8.00. The number of hydrogen-bond donors (Lipinski definition) is 5. The van der Waals surface area contributed by atoms with E-state index in [0.29, 0.717) is 38.0 Å². The maximum absolute atomic E-state index is 11.5. The molecule has 0 bridgehead atoms. The van der Waals surface area contributed by atoms with Gasteiger partial charge in [-0.25, -0.2) is 4.79 Å². The normalized spacial score (nSPS) is 26.8. The van der Waals surface area contributed by atoms with Crippen molar-refractivity contribution in [3.05, 3.63) is 0 Å². The third-order valence-electron chi connectivity index (χ3n) is 4.72. The van der Waals surface area contributed by atoms with E-state index >= 15 is 0 Å². The van der Waals surface area contributed by atoms with Crippen LogP contribution >= 0.6 is 11.8 Å². The van der Waals surface area contributed by atoms with Crippen molar-refractivity contribution in [1.82, 2.24) is 10.6 Å². The summed E-state index contributed by atoms with van der Waals surface area (Å²) in [6.07, 6.45) is 2.11. The molecular formula is C16H30N4O5S. The van der Waals surface area contributed by atoms with Crippen molar-refractivity contribution >= 4 is 23.8 Å². The average molecular weight is 391 g/mol. The van der Waals surface area contributed by atoms with E-state index in [0.717, 1.165) is 18.6 Å². The molecule has 2 heterocycles. The van der Waals surface area contributed by atoms with Gasteiger partial charge in [-0.1, -0.05) is 6.42 Å². The Hall–Kier alpha value is -1.07. The molecule has 0 radical (unpaired) electrons. The summed E-state index contributed by atoms with van der Waals surface area (Å²) in [5.41, 5.74) is 11.3. The Morgan fingerprint density at radius 1 is 1.31 bits per heavy atom. The van der Waals surface area contributed by atoms with E-state index in [9.17, 15) is 14.7 Å². The molecule has 0 aromatic rings. The zero-order valence-electron chi connectivity index (χ0n) is 14.9. The van der Waals surface area contributed by atoms with Crippen molar-refractivity contribution in [2.24, 2.45) is 17.4 Å². The van der Waals surface area contributed by atoms with E-state index in [1.165, 1.54) is 0 Å². The first kappa shape index (κ1) is 21.2.